The normalized spacial score (nSPS) is 11.7. The molecule has 0 aliphatic carbocycles. The molecule has 0 spiro atoms. The van der Waals surface area contributed by atoms with Crippen molar-refractivity contribution in [3.8, 4) is 11.3 Å². The van der Waals surface area contributed by atoms with E-state index in [0.29, 0.717) is 23.2 Å². The van der Waals surface area contributed by atoms with Crippen molar-refractivity contribution >= 4 is 5.97 Å². The molecule has 0 bridgehead atoms. The van der Waals surface area contributed by atoms with Crippen LogP contribution in [0.3, 0.4) is 0 Å². The van der Waals surface area contributed by atoms with Crippen LogP contribution in [0.15, 0.2) is 24.3 Å². The minimum absolute atomic E-state index is 0.0485. The summed E-state index contributed by atoms with van der Waals surface area (Å²) in [4.78, 5) is 11.2. The molecule has 1 N–H and O–H groups in total. The fourth-order valence-corrected chi connectivity index (χ4v) is 2.22. The van der Waals surface area contributed by atoms with Gasteiger partial charge in [-0.25, -0.2) is 4.79 Å². The van der Waals surface area contributed by atoms with E-state index in [1.807, 2.05) is 0 Å². The molecule has 0 aliphatic rings. The Kier molecular flexibility index (Phi) is 3.76. The number of rotatable bonds is 3. The molecule has 21 heavy (non-hydrogen) atoms. The smallest absolute Gasteiger partial charge is 0.416 e. The third-order valence-corrected chi connectivity index (χ3v) is 3.19. The number of halogens is 3. The molecule has 0 saturated heterocycles. The van der Waals surface area contributed by atoms with Crippen LogP contribution in [-0.4, -0.2) is 20.9 Å². The zero-order chi connectivity index (χ0) is 15.8. The highest BCUT2D eigenvalue weighted by molar-refractivity contribution is 5.90. The highest BCUT2D eigenvalue weighted by Gasteiger charge is 2.30. The topological polar surface area (TPSA) is 55.1 Å². The summed E-state index contributed by atoms with van der Waals surface area (Å²) in [5.74, 6) is -1.11. The van der Waals surface area contributed by atoms with Gasteiger partial charge < -0.3 is 5.11 Å². The highest BCUT2D eigenvalue weighted by Crippen LogP contribution is 2.32. The molecule has 0 fully saturated rings. The molecule has 0 radical (unpaired) electrons. The molecule has 0 atom stereocenters. The van der Waals surface area contributed by atoms with Crippen LogP contribution in [0.2, 0.25) is 0 Å². The predicted octanol–water partition coefficient (Wildman–Crippen LogP) is 3.37. The summed E-state index contributed by atoms with van der Waals surface area (Å²) in [6.07, 6.45) is -3.98. The molecule has 1 heterocycles. The Morgan fingerprint density at radius 1 is 1.29 bits per heavy atom. The van der Waals surface area contributed by atoms with Crippen molar-refractivity contribution in [1.82, 2.24) is 9.78 Å². The van der Waals surface area contributed by atoms with E-state index < -0.39 is 17.7 Å². The summed E-state index contributed by atoms with van der Waals surface area (Å²) < 4.78 is 38.9. The number of benzene rings is 1. The number of carbonyl (C=O) groups is 1. The van der Waals surface area contributed by atoms with E-state index in [-0.39, 0.29) is 5.69 Å². The summed E-state index contributed by atoms with van der Waals surface area (Å²) in [7, 11) is 1.50. The standard InChI is InChI=1S/C14H13F3N2O2/c1-3-10-11(18-19(2)12(10)13(20)21)8-4-6-9(7-5-8)14(15,16)17/h4-7H,3H2,1-2H3,(H,20,21). The van der Waals surface area contributed by atoms with Crippen molar-refractivity contribution in [3.05, 3.63) is 41.1 Å². The third-order valence-electron chi connectivity index (χ3n) is 3.19. The van der Waals surface area contributed by atoms with Gasteiger partial charge >= 0.3 is 12.1 Å². The van der Waals surface area contributed by atoms with Crippen LogP contribution in [0.4, 0.5) is 13.2 Å². The van der Waals surface area contributed by atoms with Gasteiger partial charge in [0.2, 0.25) is 0 Å². The second-order valence-electron chi connectivity index (χ2n) is 4.53. The van der Waals surface area contributed by atoms with Crippen molar-refractivity contribution < 1.29 is 23.1 Å². The quantitative estimate of drug-likeness (QED) is 0.945. The highest BCUT2D eigenvalue weighted by atomic mass is 19.4. The Bertz CT molecular complexity index is 673. The molecule has 0 aliphatic heterocycles. The first-order valence-electron chi connectivity index (χ1n) is 6.22. The van der Waals surface area contributed by atoms with E-state index in [1.165, 1.54) is 23.9 Å². The van der Waals surface area contributed by atoms with Gasteiger partial charge in [0.25, 0.3) is 0 Å². The largest absolute Gasteiger partial charge is 0.477 e. The van der Waals surface area contributed by atoms with Gasteiger partial charge in [0.1, 0.15) is 5.69 Å². The first-order chi connectivity index (χ1) is 9.75. The summed E-state index contributed by atoms with van der Waals surface area (Å²) in [5, 5.41) is 13.3. The number of carboxylic acid groups (broad SMARTS) is 1. The molecular formula is C14H13F3N2O2. The molecule has 2 rings (SSSR count). The van der Waals surface area contributed by atoms with Gasteiger partial charge in [-0.15, -0.1) is 0 Å². The van der Waals surface area contributed by atoms with Crippen LogP contribution in [0, 0.1) is 0 Å². The summed E-state index contributed by atoms with van der Waals surface area (Å²) in [5.41, 5.74) is 0.657. The predicted molar refractivity (Wildman–Crippen MR) is 70.0 cm³/mol. The number of alkyl halides is 3. The molecule has 2 aromatic rings. The lowest BCUT2D eigenvalue weighted by atomic mass is 10.0. The first kappa shape index (κ1) is 15.1. The molecule has 4 nitrogen and oxygen atoms in total. The number of aryl methyl sites for hydroxylation is 1. The third kappa shape index (κ3) is 2.76. The van der Waals surface area contributed by atoms with Gasteiger partial charge in [0.15, 0.2) is 0 Å². The van der Waals surface area contributed by atoms with Crippen LogP contribution in [0.25, 0.3) is 11.3 Å². The van der Waals surface area contributed by atoms with E-state index in [0.717, 1.165) is 12.1 Å². The summed E-state index contributed by atoms with van der Waals surface area (Å²) in [6.45, 7) is 1.77. The second-order valence-corrected chi connectivity index (χ2v) is 4.53. The molecule has 0 saturated carbocycles. The maximum Gasteiger partial charge on any atom is 0.416 e. The van der Waals surface area contributed by atoms with E-state index >= 15 is 0 Å². The Hall–Kier alpha value is -2.31. The number of nitrogens with zero attached hydrogens (tertiary/aromatic N) is 2. The van der Waals surface area contributed by atoms with Crippen LogP contribution >= 0.6 is 0 Å². The van der Waals surface area contributed by atoms with E-state index in [9.17, 15) is 23.1 Å². The van der Waals surface area contributed by atoms with Crippen LogP contribution in [-0.2, 0) is 19.6 Å². The first-order valence-corrected chi connectivity index (χ1v) is 6.22. The summed E-state index contributed by atoms with van der Waals surface area (Å²) in [6, 6.07) is 4.53. The Morgan fingerprint density at radius 3 is 2.29 bits per heavy atom. The van der Waals surface area contributed by atoms with Crippen molar-refractivity contribution in [2.75, 3.05) is 0 Å². The molecule has 7 heteroatoms. The number of hydrogen-bond donors (Lipinski definition) is 1. The van der Waals surface area contributed by atoms with Gasteiger partial charge in [-0.2, -0.15) is 18.3 Å². The van der Waals surface area contributed by atoms with Crippen molar-refractivity contribution in [1.29, 1.82) is 0 Å². The Morgan fingerprint density at radius 2 is 1.86 bits per heavy atom. The van der Waals surface area contributed by atoms with Crippen molar-refractivity contribution in [3.63, 3.8) is 0 Å². The van der Waals surface area contributed by atoms with Gasteiger partial charge in [-0.05, 0) is 18.6 Å². The maximum absolute atomic E-state index is 12.5. The Labute approximate surface area is 118 Å². The average molecular weight is 298 g/mol. The minimum atomic E-state index is -4.40. The van der Waals surface area contributed by atoms with E-state index in [2.05, 4.69) is 5.10 Å². The van der Waals surface area contributed by atoms with Gasteiger partial charge in [-0.1, -0.05) is 19.1 Å². The second kappa shape index (κ2) is 5.23. The monoisotopic (exact) mass is 298 g/mol. The fraction of sp³-hybridized carbons (Fsp3) is 0.286. The molecule has 0 amide bonds. The number of aromatic nitrogens is 2. The molecule has 112 valence electrons. The van der Waals surface area contributed by atoms with Gasteiger partial charge in [-0.3, -0.25) is 4.68 Å². The van der Waals surface area contributed by atoms with Crippen molar-refractivity contribution in [2.45, 2.75) is 19.5 Å². The van der Waals surface area contributed by atoms with Crippen LogP contribution in [0.5, 0.6) is 0 Å². The minimum Gasteiger partial charge on any atom is -0.477 e. The molecule has 1 aromatic carbocycles. The number of aromatic carboxylic acids is 1. The van der Waals surface area contributed by atoms with Crippen LogP contribution in [0.1, 0.15) is 28.5 Å². The molecule has 1 aromatic heterocycles. The lowest BCUT2D eigenvalue weighted by Gasteiger charge is -2.07. The lowest BCUT2D eigenvalue weighted by Crippen LogP contribution is -2.07. The lowest BCUT2D eigenvalue weighted by molar-refractivity contribution is -0.137. The van der Waals surface area contributed by atoms with Crippen LogP contribution < -0.4 is 0 Å². The number of carboxylic acids is 1. The molecular weight excluding hydrogens is 285 g/mol. The Balaban J connectivity index is 2.52. The van der Waals surface area contributed by atoms with Gasteiger partial charge in [0, 0.05) is 18.2 Å². The zero-order valence-corrected chi connectivity index (χ0v) is 11.4. The van der Waals surface area contributed by atoms with E-state index in [4.69, 9.17) is 0 Å². The summed E-state index contributed by atoms with van der Waals surface area (Å²) >= 11 is 0. The average Bonchev–Trinajstić information content (AvgIpc) is 2.74. The van der Waals surface area contributed by atoms with Gasteiger partial charge in [0.05, 0.1) is 11.3 Å². The molecule has 0 unspecified atom stereocenters. The maximum atomic E-state index is 12.5. The zero-order valence-electron chi connectivity index (χ0n) is 11.4. The number of hydrogen-bond acceptors (Lipinski definition) is 2. The van der Waals surface area contributed by atoms with Crippen molar-refractivity contribution in [2.24, 2.45) is 7.05 Å². The fourth-order valence-electron chi connectivity index (χ4n) is 2.22. The SMILES string of the molecule is CCc1c(-c2ccc(C(F)(F)F)cc2)nn(C)c1C(=O)O. The van der Waals surface area contributed by atoms with E-state index in [1.54, 1.807) is 6.92 Å².